The second kappa shape index (κ2) is 5.64. The first kappa shape index (κ1) is 13.5. The summed E-state index contributed by atoms with van der Waals surface area (Å²) < 4.78 is 0. The number of carboxylic acid groups (broad SMARTS) is 1. The highest BCUT2D eigenvalue weighted by Crippen LogP contribution is 2.19. The molecule has 0 unspecified atom stereocenters. The van der Waals surface area contributed by atoms with Crippen LogP contribution in [0.3, 0.4) is 0 Å². The molecule has 0 saturated carbocycles. The topological polar surface area (TPSA) is 43.8 Å². The summed E-state index contributed by atoms with van der Waals surface area (Å²) in [5.41, 5.74) is 0.387. The van der Waals surface area contributed by atoms with Crippen molar-refractivity contribution in [3.63, 3.8) is 0 Å². The molecule has 0 amide bonds. The van der Waals surface area contributed by atoms with Crippen LogP contribution in [0.5, 0.6) is 0 Å². The lowest BCUT2D eigenvalue weighted by molar-refractivity contribution is -0.138. The summed E-state index contributed by atoms with van der Waals surface area (Å²) in [6.07, 6.45) is 1.20. The smallest absolute Gasteiger partial charge is 0.317 e. The maximum Gasteiger partial charge on any atom is 0.317 e. The first-order valence-electron chi connectivity index (χ1n) is 6.03. The molecule has 0 aromatic carbocycles. The quantitative estimate of drug-likeness (QED) is 0.783. The van der Waals surface area contributed by atoms with Gasteiger partial charge in [0, 0.05) is 26.2 Å². The van der Waals surface area contributed by atoms with Gasteiger partial charge in [0.1, 0.15) is 0 Å². The van der Waals surface area contributed by atoms with Crippen LogP contribution in [0.2, 0.25) is 0 Å². The van der Waals surface area contributed by atoms with E-state index >= 15 is 0 Å². The number of aliphatic carboxylic acids is 1. The maximum atomic E-state index is 10.6. The molecule has 16 heavy (non-hydrogen) atoms. The lowest BCUT2D eigenvalue weighted by Crippen LogP contribution is -2.48. The Kier molecular flexibility index (Phi) is 4.74. The number of hydrogen-bond donors (Lipinski definition) is 1. The third-order valence-corrected chi connectivity index (χ3v) is 3.00. The molecule has 0 aliphatic carbocycles. The molecule has 1 fully saturated rings. The van der Waals surface area contributed by atoms with Crippen LogP contribution >= 0.6 is 0 Å². The van der Waals surface area contributed by atoms with Crippen molar-refractivity contribution < 1.29 is 9.90 Å². The van der Waals surface area contributed by atoms with Crippen molar-refractivity contribution in [3.05, 3.63) is 0 Å². The minimum absolute atomic E-state index is 0.188. The van der Waals surface area contributed by atoms with Gasteiger partial charge in [-0.2, -0.15) is 0 Å². The highest BCUT2D eigenvalue weighted by atomic mass is 16.4. The predicted octanol–water partition coefficient (Wildman–Crippen LogP) is 1.12. The van der Waals surface area contributed by atoms with E-state index in [-0.39, 0.29) is 6.54 Å². The Balaban J connectivity index is 2.19. The van der Waals surface area contributed by atoms with Crippen LogP contribution in [0.25, 0.3) is 0 Å². The summed E-state index contributed by atoms with van der Waals surface area (Å²) in [5, 5.41) is 8.69. The molecule has 4 nitrogen and oxygen atoms in total. The van der Waals surface area contributed by atoms with Crippen LogP contribution in [0.15, 0.2) is 0 Å². The van der Waals surface area contributed by atoms with Gasteiger partial charge in [-0.1, -0.05) is 20.8 Å². The lowest BCUT2D eigenvalue weighted by atomic mass is 9.92. The van der Waals surface area contributed by atoms with E-state index in [0.717, 1.165) is 32.7 Å². The van der Waals surface area contributed by atoms with Gasteiger partial charge in [0.05, 0.1) is 6.54 Å². The number of carboxylic acids is 1. The second-order valence-corrected chi connectivity index (χ2v) is 5.82. The van der Waals surface area contributed by atoms with E-state index in [2.05, 4.69) is 25.7 Å². The fourth-order valence-corrected chi connectivity index (χ4v) is 1.86. The summed E-state index contributed by atoms with van der Waals surface area (Å²) in [6.45, 7) is 11.9. The third kappa shape index (κ3) is 5.47. The zero-order valence-electron chi connectivity index (χ0n) is 10.7. The zero-order valence-corrected chi connectivity index (χ0v) is 10.7. The first-order valence-corrected chi connectivity index (χ1v) is 6.03. The van der Waals surface area contributed by atoms with Crippen molar-refractivity contribution in [2.75, 3.05) is 39.3 Å². The highest BCUT2D eigenvalue weighted by molar-refractivity contribution is 5.69. The van der Waals surface area contributed by atoms with E-state index in [1.807, 2.05) is 4.90 Å². The van der Waals surface area contributed by atoms with Gasteiger partial charge in [-0.3, -0.25) is 9.69 Å². The Morgan fingerprint density at radius 2 is 1.62 bits per heavy atom. The van der Waals surface area contributed by atoms with Crippen molar-refractivity contribution in [1.82, 2.24) is 9.80 Å². The zero-order chi connectivity index (χ0) is 12.2. The van der Waals surface area contributed by atoms with Gasteiger partial charge in [0.2, 0.25) is 0 Å². The van der Waals surface area contributed by atoms with Crippen LogP contribution in [0.4, 0.5) is 0 Å². The Hall–Kier alpha value is -0.610. The van der Waals surface area contributed by atoms with Gasteiger partial charge in [0.25, 0.3) is 0 Å². The standard InChI is InChI=1S/C12H24N2O2/c1-12(2,3)4-5-13-6-8-14(9-7-13)10-11(15)16/h4-10H2,1-3H3,(H,15,16). The molecule has 0 aromatic rings. The molecule has 0 radical (unpaired) electrons. The second-order valence-electron chi connectivity index (χ2n) is 5.82. The normalized spacial score (nSPS) is 19.9. The fourth-order valence-electron chi connectivity index (χ4n) is 1.86. The molecule has 1 aliphatic heterocycles. The van der Waals surface area contributed by atoms with Crippen molar-refractivity contribution in [1.29, 1.82) is 0 Å². The van der Waals surface area contributed by atoms with Crippen molar-refractivity contribution in [2.24, 2.45) is 5.41 Å². The van der Waals surface area contributed by atoms with E-state index in [4.69, 9.17) is 5.11 Å². The molecule has 0 spiro atoms. The molecule has 0 bridgehead atoms. The largest absolute Gasteiger partial charge is 0.480 e. The van der Waals surface area contributed by atoms with Gasteiger partial charge in [-0.25, -0.2) is 0 Å². The van der Waals surface area contributed by atoms with E-state index in [1.165, 1.54) is 6.42 Å². The number of nitrogens with zero attached hydrogens (tertiary/aromatic N) is 2. The Morgan fingerprint density at radius 3 is 2.06 bits per heavy atom. The molecular weight excluding hydrogens is 204 g/mol. The molecular formula is C12H24N2O2. The van der Waals surface area contributed by atoms with Gasteiger partial charge in [-0.05, 0) is 18.4 Å². The van der Waals surface area contributed by atoms with Crippen molar-refractivity contribution in [3.8, 4) is 0 Å². The molecule has 0 atom stereocenters. The van der Waals surface area contributed by atoms with E-state index < -0.39 is 5.97 Å². The SMILES string of the molecule is CC(C)(C)CCN1CCN(CC(=O)O)CC1. The molecule has 1 N–H and O–H groups in total. The number of hydrogen-bond acceptors (Lipinski definition) is 3. The summed E-state index contributed by atoms with van der Waals surface area (Å²) in [7, 11) is 0. The Labute approximate surface area is 98.2 Å². The summed E-state index contributed by atoms with van der Waals surface area (Å²) in [6, 6.07) is 0. The van der Waals surface area contributed by atoms with Crippen LogP contribution in [-0.4, -0.2) is 60.1 Å². The third-order valence-electron chi connectivity index (χ3n) is 3.00. The van der Waals surface area contributed by atoms with Gasteiger partial charge < -0.3 is 10.0 Å². The maximum absolute atomic E-state index is 10.6. The molecule has 1 rings (SSSR count). The van der Waals surface area contributed by atoms with Crippen molar-refractivity contribution >= 4 is 5.97 Å². The number of rotatable bonds is 4. The molecule has 4 heteroatoms. The average Bonchev–Trinajstić information content (AvgIpc) is 2.14. The molecule has 94 valence electrons. The minimum Gasteiger partial charge on any atom is -0.480 e. The van der Waals surface area contributed by atoms with Crippen LogP contribution in [0.1, 0.15) is 27.2 Å². The van der Waals surface area contributed by atoms with Crippen molar-refractivity contribution in [2.45, 2.75) is 27.2 Å². The monoisotopic (exact) mass is 228 g/mol. The molecule has 1 aliphatic rings. The fraction of sp³-hybridized carbons (Fsp3) is 0.917. The average molecular weight is 228 g/mol. The van der Waals surface area contributed by atoms with E-state index in [1.54, 1.807) is 0 Å². The van der Waals surface area contributed by atoms with Gasteiger partial charge in [-0.15, -0.1) is 0 Å². The molecule has 1 saturated heterocycles. The highest BCUT2D eigenvalue weighted by Gasteiger charge is 2.20. The number of piperazine rings is 1. The summed E-state index contributed by atoms with van der Waals surface area (Å²) in [5.74, 6) is -0.719. The molecule has 1 heterocycles. The lowest BCUT2D eigenvalue weighted by Gasteiger charge is -2.35. The van der Waals surface area contributed by atoms with Crippen LogP contribution in [-0.2, 0) is 4.79 Å². The Morgan fingerprint density at radius 1 is 1.12 bits per heavy atom. The summed E-state index contributed by atoms with van der Waals surface area (Å²) >= 11 is 0. The van der Waals surface area contributed by atoms with Gasteiger partial charge in [0.15, 0.2) is 0 Å². The minimum atomic E-state index is -0.719. The van der Waals surface area contributed by atoms with E-state index in [9.17, 15) is 4.79 Å². The molecule has 0 aromatic heterocycles. The van der Waals surface area contributed by atoms with Crippen LogP contribution < -0.4 is 0 Å². The van der Waals surface area contributed by atoms with Crippen LogP contribution in [0, 0.1) is 5.41 Å². The number of carbonyl (C=O) groups is 1. The predicted molar refractivity (Wildman–Crippen MR) is 64.6 cm³/mol. The Bertz CT molecular complexity index is 228. The van der Waals surface area contributed by atoms with E-state index in [0.29, 0.717) is 5.41 Å². The summed E-state index contributed by atoms with van der Waals surface area (Å²) in [4.78, 5) is 15.0. The first-order chi connectivity index (χ1) is 7.37. The van der Waals surface area contributed by atoms with Gasteiger partial charge >= 0.3 is 5.97 Å².